The van der Waals surface area contributed by atoms with E-state index < -0.39 is 0 Å². The Balaban J connectivity index is 1.61. The number of pyridine rings is 1. The number of para-hydroxylation sites is 1. The fourth-order valence-corrected chi connectivity index (χ4v) is 2.55. The number of nitrogens with one attached hydrogen (secondary N) is 1. The molecule has 1 aromatic heterocycles. The van der Waals surface area contributed by atoms with Gasteiger partial charge in [0, 0.05) is 12.2 Å². The van der Waals surface area contributed by atoms with E-state index in [1.54, 1.807) is 24.3 Å². The van der Waals surface area contributed by atoms with Crippen molar-refractivity contribution in [2.45, 2.75) is 13.5 Å². The zero-order chi connectivity index (χ0) is 18.5. The van der Waals surface area contributed by atoms with Crippen LogP contribution in [0.5, 0.6) is 11.5 Å². The number of aromatic nitrogens is 1. The van der Waals surface area contributed by atoms with Gasteiger partial charge in [0.25, 0.3) is 5.91 Å². The van der Waals surface area contributed by atoms with Gasteiger partial charge in [-0.3, -0.25) is 4.79 Å². The summed E-state index contributed by atoms with van der Waals surface area (Å²) < 4.78 is 5.74. The van der Waals surface area contributed by atoms with E-state index in [4.69, 9.17) is 22.1 Å². The molecule has 3 N–H and O–H groups in total. The van der Waals surface area contributed by atoms with Crippen molar-refractivity contribution in [3.8, 4) is 11.5 Å². The molecule has 0 fully saturated rings. The van der Waals surface area contributed by atoms with Gasteiger partial charge < -0.3 is 15.8 Å². The quantitative estimate of drug-likeness (QED) is 0.702. The van der Waals surface area contributed by atoms with Crippen LogP contribution in [0.3, 0.4) is 0 Å². The summed E-state index contributed by atoms with van der Waals surface area (Å²) in [5, 5.41) is 3.38. The zero-order valence-electron chi connectivity index (χ0n) is 14.2. The lowest BCUT2D eigenvalue weighted by atomic mass is 10.2. The third kappa shape index (κ3) is 4.32. The molecule has 0 aliphatic carbocycles. The van der Waals surface area contributed by atoms with Crippen LogP contribution in [0.2, 0.25) is 5.02 Å². The van der Waals surface area contributed by atoms with Crippen molar-refractivity contribution < 1.29 is 9.53 Å². The Bertz CT molecular complexity index is 927. The molecule has 0 saturated heterocycles. The lowest BCUT2D eigenvalue weighted by Gasteiger charge is -2.10. The fourth-order valence-electron chi connectivity index (χ4n) is 2.38. The summed E-state index contributed by atoms with van der Waals surface area (Å²) in [6, 6.07) is 18.1. The Hall–Kier alpha value is -3.05. The Labute approximate surface area is 156 Å². The smallest absolute Gasteiger partial charge is 0.255 e. The Morgan fingerprint density at radius 3 is 2.54 bits per heavy atom. The van der Waals surface area contributed by atoms with Gasteiger partial charge in [-0.25, -0.2) is 4.98 Å². The van der Waals surface area contributed by atoms with Gasteiger partial charge in [0.2, 0.25) is 0 Å². The lowest BCUT2D eigenvalue weighted by molar-refractivity contribution is 0.0951. The first-order valence-corrected chi connectivity index (χ1v) is 8.43. The molecule has 0 aliphatic rings. The van der Waals surface area contributed by atoms with Gasteiger partial charge in [-0.05, 0) is 48.9 Å². The molecule has 0 spiro atoms. The minimum Gasteiger partial charge on any atom is -0.456 e. The second-order valence-electron chi connectivity index (χ2n) is 5.74. The molecule has 5 nitrogen and oxygen atoms in total. The Morgan fingerprint density at radius 2 is 1.85 bits per heavy atom. The fraction of sp³-hybridized carbons (Fsp3) is 0.100. The molecule has 2 aromatic carbocycles. The molecule has 6 heteroatoms. The molecule has 1 amide bonds. The van der Waals surface area contributed by atoms with Gasteiger partial charge in [-0.2, -0.15) is 0 Å². The van der Waals surface area contributed by atoms with Gasteiger partial charge in [0.05, 0.1) is 10.6 Å². The summed E-state index contributed by atoms with van der Waals surface area (Å²) in [5.41, 5.74) is 7.87. The molecule has 0 bridgehead atoms. The van der Waals surface area contributed by atoms with Crippen LogP contribution in [0.15, 0.2) is 60.7 Å². The van der Waals surface area contributed by atoms with Crippen molar-refractivity contribution in [2.75, 3.05) is 5.73 Å². The minimum atomic E-state index is -0.258. The van der Waals surface area contributed by atoms with Crippen LogP contribution in [-0.2, 0) is 6.54 Å². The maximum Gasteiger partial charge on any atom is 0.255 e. The molecule has 1 heterocycles. The predicted molar refractivity (Wildman–Crippen MR) is 103 cm³/mol. The number of amides is 1. The molecule has 132 valence electrons. The number of nitrogen functional groups attached to an aromatic ring is 1. The maximum atomic E-state index is 12.2. The number of rotatable bonds is 5. The number of anilines is 1. The van der Waals surface area contributed by atoms with E-state index in [0.29, 0.717) is 28.6 Å². The number of halogens is 1. The van der Waals surface area contributed by atoms with Crippen LogP contribution >= 0.6 is 11.6 Å². The summed E-state index contributed by atoms with van der Waals surface area (Å²) in [6.45, 7) is 2.20. The topological polar surface area (TPSA) is 77.2 Å². The molecule has 0 aliphatic heterocycles. The molecule has 0 radical (unpaired) electrons. The Morgan fingerprint density at radius 1 is 1.12 bits per heavy atom. The van der Waals surface area contributed by atoms with Crippen molar-refractivity contribution in [3.63, 3.8) is 0 Å². The lowest BCUT2D eigenvalue weighted by Crippen LogP contribution is -2.24. The maximum absolute atomic E-state index is 12.2. The number of carbonyl (C=O) groups is 1. The van der Waals surface area contributed by atoms with E-state index >= 15 is 0 Å². The number of hydrogen-bond donors (Lipinski definition) is 2. The van der Waals surface area contributed by atoms with Crippen LogP contribution in [0.25, 0.3) is 0 Å². The van der Waals surface area contributed by atoms with Crippen molar-refractivity contribution in [1.82, 2.24) is 10.3 Å². The standard InChI is InChI=1S/C20H18ClN3O2/c1-13-6-11-16(19(22)24-13)20(25)23-12-14-7-9-15(10-8-14)26-18-5-3-2-4-17(18)21/h2-11H,12H2,1H3,(H2,22,24)(H,23,25). The van der Waals surface area contributed by atoms with Crippen molar-refractivity contribution in [3.05, 3.63) is 82.5 Å². The first-order valence-electron chi connectivity index (χ1n) is 8.05. The number of benzene rings is 2. The van der Waals surface area contributed by atoms with Crippen LogP contribution < -0.4 is 15.8 Å². The van der Waals surface area contributed by atoms with E-state index in [-0.39, 0.29) is 11.7 Å². The highest BCUT2D eigenvalue weighted by molar-refractivity contribution is 6.32. The average Bonchev–Trinajstić information content (AvgIpc) is 2.63. The number of hydrogen-bond acceptors (Lipinski definition) is 4. The van der Waals surface area contributed by atoms with Crippen molar-refractivity contribution >= 4 is 23.3 Å². The van der Waals surface area contributed by atoms with Gasteiger partial charge in [-0.15, -0.1) is 0 Å². The number of carbonyl (C=O) groups excluding carboxylic acids is 1. The second-order valence-corrected chi connectivity index (χ2v) is 6.15. The van der Waals surface area contributed by atoms with Crippen molar-refractivity contribution in [1.29, 1.82) is 0 Å². The predicted octanol–water partition coefficient (Wildman–Crippen LogP) is 4.35. The summed E-state index contributed by atoms with van der Waals surface area (Å²) in [4.78, 5) is 16.3. The van der Waals surface area contributed by atoms with E-state index in [0.717, 1.165) is 11.3 Å². The molecule has 0 atom stereocenters. The molecule has 0 unspecified atom stereocenters. The van der Waals surface area contributed by atoms with Crippen LogP contribution in [0, 0.1) is 6.92 Å². The van der Waals surface area contributed by atoms with Crippen molar-refractivity contribution in [2.24, 2.45) is 0 Å². The largest absolute Gasteiger partial charge is 0.456 e. The van der Waals surface area contributed by atoms with E-state index in [1.165, 1.54) is 0 Å². The first-order chi connectivity index (χ1) is 12.5. The van der Waals surface area contributed by atoms with Gasteiger partial charge in [-0.1, -0.05) is 35.9 Å². The first kappa shape index (κ1) is 17.8. The monoisotopic (exact) mass is 367 g/mol. The number of aryl methyl sites for hydroxylation is 1. The summed E-state index contributed by atoms with van der Waals surface area (Å²) in [6.07, 6.45) is 0. The zero-order valence-corrected chi connectivity index (χ0v) is 15.0. The summed E-state index contributed by atoms with van der Waals surface area (Å²) >= 11 is 6.08. The normalized spacial score (nSPS) is 10.4. The van der Waals surface area contributed by atoms with Gasteiger partial charge in [0.15, 0.2) is 0 Å². The molecule has 0 saturated carbocycles. The van der Waals surface area contributed by atoms with Gasteiger partial charge in [0.1, 0.15) is 17.3 Å². The number of nitrogens with zero attached hydrogens (tertiary/aromatic N) is 1. The van der Waals surface area contributed by atoms with Crippen LogP contribution in [0.4, 0.5) is 5.82 Å². The second kappa shape index (κ2) is 7.89. The Kier molecular flexibility index (Phi) is 5.39. The highest BCUT2D eigenvalue weighted by Crippen LogP contribution is 2.28. The number of ether oxygens (including phenoxy) is 1. The number of nitrogens with two attached hydrogens (primary N) is 1. The SMILES string of the molecule is Cc1ccc(C(=O)NCc2ccc(Oc3ccccc3Cl)cc2)c(N)n1. The third-order valence-electron chi connectivity index (χ3n) is 3.75. The minimum absolute atomic E-state index is 0.228. The van der Waals surface area contributed by atoms with E-state index in [1.807, 2.05) is 43.3 Å². The van der Waals surface area contributed by atoms with E-state index in [9.17, 15) is 4.79 Å². The van der Waals surface area contributed by atoms with Crippen LogP contribution in [-0.4, -0.2) is 10.9 Å². The summed E-state index contributed by atoms with van der Waals surface area (Å²) in [5.74, 6) is 1.23. The molecule has 26 heavy (non-hydrogen) atoms. The third-order valence-corrected chi connectivity index (χ3v) is 4.06. The average molecular weight is 368 g/mol. The summed E-state index contributed by atoms with van der Waals surface area (Å²) in [7, 11) is 0. The highest BCUT2D eigenvalue weighted by Gasteiger charge is 2.10. The molecule has 3 aromatic rings. The van der Waals surface area contributed by atoms with E-state index in [2.05, 4.69) is 10.3 Å². The molecular weight excluding hydrogens is 350 g/mol. The van der Waals surface area contributed by atoms with Crippen LogP contribution in [0.1, 0.15) is 21.6 Å². The molecule has 3 rings (SSSR count). The van der Waals surface area contributed by atoms with Gasteiger partial charge >= 0.3 is 0 Å². The highest BCUT2D eigenvalue weighted by atomic mass is 35.5. The molecular formula is C20H18ClN3O2.